The van der Waals surface area contributed by atoms with Crippen molar-refractivity contribution in [1.29, 1.82) is 0 Å². The number of unbranched alkanes of at least 4 members (excludes halogenated alkanes) is 15. The molecule has 0 bridgehead atoms. The minimum absolute atomic E-state index is 1.29. The molecule has 5 heteroatoms. The highest BCUT2D eigenvalue weighted by Gasteiger charge is 2.25. The standard InChI is InChI=1S/C27H46S5/c1-5-6-7-8-9-10-11-12-13-14-15-16-17-18-19-20-21-28-25-24(4)31-27(32-25)26-29-22(2)23(3)30-26/h5-21H2,1-4H3. The lowest BCUT2D eigenvalue weighted by atomic mass is 10.0. The molecule has 0 spiro atoms. The summed E-state index contributed by atoms with van der Waals surface area (Å²) in [5.41, 5.74) is 0. The highest BCUT2D eigenvalue weighted by molar-refractivity contribution is 8.38. The number of thioether (sulfide) groups is 5. The fourth-order valence-electron chi connectivity index (χ4n) is 3.91. The molecule has 2 rings (SSSR count). The summed E-state index contributed by atoms with van der Waals surface area (Å²) in [5, 5.41) is 0. The summed E-state index contributed by atoms with van der Waals surface area (Å²) >= 11 is 10.1. The van der Waals surface area contributed by atoms with E-state index in [0.717, 1.165) is 0 Å². The molecule has 0 saturated carbocycles. The largest absolute Gasteiger partial charge is 0.118 e. The Morgan fingerprint density at radius 3 is 1.31 bits per heavy atom. The van der Waals surface area contributed by atoms with Gasteiger partial charge in [-0.25, -0.2) is 0 Å². The summed E-state index contributed by atoms with van der Waals surface area (Å²) in [6.07, 6.45) is 23.2. The van der Waals surface area contributed by atoms with E-state index in [2.05, 4.69) is 39.5 Å². The highest BCUT2D eigenvalue weighted by Crippen LogP contribution is 2.61. The quantitative estimate of drug-likeness (QED) is 0.161. The van der Waals surface area contributed by atoms with E-state index in [1.54, 1.807) is 4.24 Å². The Bertz CT molecular complexity index is 616. The lowest BCUT2D eigenvalue weighted by Gasteiger charge is -2.05. The van der Waals surface area contributed by atoms with Gasteiger partial charge in [0.15, 0.2) is 0 Å². The first-order valence-corrected chi connectivity index (χ1v) is 17.3. The number of hydrogen-bond donors (Lipinski definition) is 0. The van der Waals surface area contributed by atoms with Gasteiger partial charge in [0, 0.05) is 4.91 Å². The van der Waals surface area contributed by atoms with Gasteiger partial charge in [-0.1, -0.05) is 150 Å². The van der Waals surface area contributed by atoms with Crippen molar-refractivity contribution in [3.8, 4) is 0 Å². The molecule has 32 heavy (non-hydrogen) atoms. The third-order valence-electron chi connectivity index (χ3n) is 6.10. The zero-order valence-electron chi connectivity index (χ0n) is 21.1. The van der Waals surface area contributed by atoms with E-state index in [4.69, 9.17) is 0 Å². The molecule has 0 unspecified atom stereocenters. The van der Waals surface area contributed by atoms with Gasteiger partial charge in [-0.15, -0.1) is 11.8 Å². The van der Waals surface area contributed by atoms with Crippen LogP contribution < -0.4 is 0 Å². The fourth-order valence-corrected chi connectivity index (χ4v) is 10.9. The second-order valence-corrected chi connectivity index (χ2v) is 15.7. The summed E-state index contributed by atoms with van der Waals surface area (Å²) in [6.45, 7) is 9.10. The van der Waals surface area contributed by atoms with E-state index >= 15 is 0 Å². The average Bonchev–Trinajstić information content (AvgIpc) is 3.32. The Balaban J connectivity index is 1.36. The van der Waals surface area contributed by atoms with Gasteiger partial charge in [0.05, 0.1) is 12.7 Å². The topological polar surface area (TPSA) is 0 Å². The van der Waals surface area contributed by atoms with Crippen molar-refractivity contribution in [3.05, 3.63) is 27.4 Å². The maximum Gasteiger partial charge on any atom is 0.0708 e. The zero-order chi connectivity index (χ0) is 23.0. The maximum atomic E-state index is 2.30. The molecule has 2 aliphatic heterocycles. The molecule has 0 aromatic carbocycles. The van der Waals surface area contributed by atoms with Gasteiger partial charge in [-0.05, 0) is 42.8 Å². The van der Waals surface area contributed by atoms with E-state index in [-0.39, 0.29) is 0 Å². The van der Waals surface area contributed by atoms with Gasteiger partial charge in [0.2, 0.25) is 0 Å². The summed E-state index contributed by atoms with van der Waals surface area (Å²) in [7, 11) is 0. The third kappa shape index (κ3) is 12.1. The van der Waals surface area contributed by atoms with E-state index in [1.165, 1.54) is 132 Å². The highest BCUT2D eigenvalue weighted by atomic mass is 32.2. The normalized spacial score (nSPS) is 16.9. The predicted molar refractivity (Wildman–Crippen MR) is 160 cm³/mol. The van der Waals surface area contributed by atoms with Gasteiger partial charge in [0.25, 0.3) is 0 Å². The first-order valence-electron chi connectivity index (χ1n) is 13.1. The number of hydrogen-bond acceptors (Lipinski definition) is 5. The van der Waals surface area contributed by atoms with Crippen LogP contribution in [0.1, 0.15) is 130 Å². The molecule has 0 aromatic heterocycles. The summed E-state index contributed by atoms with van der Waals surface area (Å²) in [5.74, 6) is 1.29. The van der Waals surface area contributed by atoms with Crippen molar-refractivity contribution in [2.45, 2.75) is 130 Å². The molecule has 0 radical (unpaired) electrons. The molecule has 0 amide bonds. The monoisotopic (exact) mass is 530 g/mol. The van der Waals surface area contributed by atoms with Crippen molar-refractivity contribution in [1.82, 2.24) is 0 Å². The Kier molecular flexibility index (Phi) is 16.7. The van der Waals surface area contributed by atoms with Crippen LogP contribution in [0, 0.1) is 0 Å². The van der Waals surface area contributed by atoms with Crippen molar-refractivity contribution >= 4 is 58.8 Å². The molecule has 0 aliphatic carbocycles. The molecular formula is C27H46S5. The molecule has 0 nitrogen and oxygen atoms in total. The van der Waals surface area contributed by atoms with Crippen LogP contribution in [0.2, 0.25) is 0 Å². The summed E-state index contributed by atoms with van der Waals surface area (Å²) < 4.78 is 4.58. The molecule has 2 heterocycles. The molecule has 2 aliphatic rings. The first kappa shape index (κ1) is 29.2. The Morgan fingerprint density at radius 2 is 0.844 bits per heavy atom. The van der Waals surface area contributed by atoms with Crippen LogP contribution >= 0.6 is 58.8 Å². The van der Waals surface area contributed by atoms with Crippen LogP contribution in [0.25, 0.3) is 0 Å². The van der Waals surface area contributed by atoms with Crippen LogP contribution in [0.3, 0.4) is 0 Å². The third-order valence-corrected chi connectivity index (χ3v) is 13.5. The predicted octanol–water partition coefficient (Wildman–Crippen LogP) is 12.5. The van der Waals surface area contributed by atoms with Gasteiger partial charge in [0.1, 0.15) is 0 Å². The minimum Gasteiger partial charge on any atom is -0.118 e. The molecular weight excluding hydrogens is 485 g/mol. The van der Waals surface area contributed by atoms with Crippen LogP contribution in [-0.2, 0) is 0 Å². The van der Waals surface area contributed by atoms with Crippen LogP contribution in [0.4, 0.5) is 0 Å². The minimum atomic E-state index is 1.29. The summed E-state index contributed by atoms with van der Waals surface area (Å²) in [4.78, 5) is 4.47. The van der Waals surface area contributed by atoms with E-state index < -0.39 is 0 Å². The van der Waals surface area contributed by atoms with Crippen molar-refractivity contribution in [3.63, 3.8) is 0 Å². The van der Waals surface area contributed by atoms with Gasteiger partial charge in [-0.2, -0.15) is 0 Å². The summed E-state index contributed by atoms with van der Waals surface area (Å²) in [6, 6.07) is 0. The molecule has 0 aromatic rings. The Morgan fingerprint density at radius 1 is 0.469 bits per heavy atom. The smallest absolute Gasteiger partial charge is 0.0708 e. The number of allylic oxidation sites excluding steroid dienone is 3. The second-order valence-electron chi connectivity index (χ2n) is 9.09. The lowest BCUT2D eigenvalue weighted by molar-refractivity contribution is 0.532. The second kappa shape index (κ2) is 18.3. The van der Waals surface area contributed by atoms with Crippen LogP contribution in [-0.4, -0.2) is 5.75 Å². The Hall–Kier alpha value is 0.970. The molecule has 0 saturated heterocycles. The van der Waals surface area contributed by atoms with Gasteiger partial charge < -0.3 is 0 Å². The molecule has 0 fully saturated rings. The van der Waals surface area contributed by atoms with E-state index in [1.807, 2.05) is 47.0 Å². The molecule has 0 atom stereocenters. The van der Waals surface area contributed by atoms with Crippen molar-refractivity contribution < 1.29 is 0 Å². The average molecular weight is 531 g/mol. The number of rotatable bonds is 18. The van der Waals surface area contributed by atoms with Crippen LogP contribution in [0.5, 0.6) is 0 Å². The zero-order valence-corrected chi connectivity index (χ0v) is 25.1. The SMILES string of the molecule is CCCCCCCCCCCCCCCCCCSC1=C(C)SC(=C2SC(C)=C(C)S2)S1. The molecule has 0 N–H and O–H groups in total. The first-order chi connectivity index (χ1) is 15.6. The van der Waals surface area contributed by atoms with Crippen molar-refractivity contribution in [2.75, 3.05) is 5.75 Å². The Labute approximate surface area is 221 Å². The maximum absolute atomic E-state index is 2.30. The van der Waals surface area contributed by atoms with E-state index in [9.17, 15) is 0 Å². The van der Waals surface area contributed by atoms with Gasteiger partial charge in [-0.3, -0.25) is 0 Å². The van der Waals surface area contributed by atoms with Gasteiger partial charge >= 0.3 is 0 Å². The van der Waals surface area contributed by atoms with E-state index in [0.29, 0.717) is 0 Å². The van der Waals surface area contributed by atoms with Crippen LogP contribution in [0.15, 0.2) is 27.4 Å². The van der Waals surface area contributed by atoms with Crippen molar-refractivity contribution in [2.24, 2.45) is 0 Å². The fraction of sp³-hybridized carbons (Fsp3) is 0.778. The lowest BCUT2D eigenvalue weighted by Crippen LogP contribution is -1.85. The molecule has 184 valence electrons.